The van der Waals surface area contributed by atoms with E-state index in [1.807, 2.05) is 44.2 Å². The molecule has 0 amide bonds. The van der Waals surface area contributed by atoms with E-state index in [1.165, 1.54) is 0 Å². The summed E-state index contributed by atoms with van der Waals surface area (Å²) < 4.78 is 5.78. The average molecular weight is 271 g/mol. The molecule has 2 rings (SSSR count). The molecule has 2 N–H and O–H groups in total. The lowest BCUT2D eigenvalue weighted by atomic mass is 9.97. The normalized spacial score (nSPS) is 12.2. The van der Waals surface area contributed by atoms with Crippen LogP contribution in [0.4, 0.5) is 0 Å². The lowest BCUT2D eigenvalue weighted by molar-refractivity contribution is 0.313. The molecule has 20 heavy (non-hydrogen) atoms. The molecule has 4 nitrogen and oxygen atoms in total. The maximum atomic E-state index is 6.41. The van der Waals surface area contributed by atoms with Crippen LogP contribution in [-0.4, -0.2) is 16.8 Å². The van der Waals surface area contributed by atoms with Gasteiger partial charge in [-0.25, -0.2) is 0 Å². The Hall–Kier alpha value is -1.94. The van der Waals surface area contributed by atoms with Crippen LogP contribution in [-0.2, 0) is 0 Å². The molecule has 1 unspecified atom stereocenters. The van der Waals surface area contributed by atoms with Crippen LogP contribution < -0.4 is 10.5 Å². The first kappa shape index (κ1) is 14.5. The van der Waals surface area contributed by atoms with Crippen LogP contribution in [0.5, 0.6) is 5.75 Å². The Balaban J connectivity index is 2.37. The summed E-state index contributed by atoms with van der Waals surface area (Å²) in [6, 6.07) is 9.64. The maximum absolute atomic E-state index is 6.41. The number of para-hydroxylation sites is 1. The molecule has 0 spiro atoms. The van der Waals surface area contributed by atoms with Crippen LogP contribution >= 0.6 is 0 Å². The fourth-order valence-corrected chi connectivity index (χ4v) is 2.13. The second-order valence-corrected chi connectivity index (χ2v) is 4.89. The predicted molar refractivity (Wildman–Crippen MR) is 79.8 cm³/mol. The summed E-state index contributed by atoms with van der Waals surface area (Å²) in [6.07, 6.45) is 0.971. The fourth-order valence-electron chi connectivity index (χ4n) is 2.13. The molecule has 1 aromatic heterocycles. The summed E-state index contributed by atoms with van der Waals surface area (Å²) in [6.45, 7) is 6.62. The van der Waals surface area contributed by atoms with Gasteiger partial charge in [0, 0.05) is 5.56 Å². The smallest absolute Gasteiger partial charge is 0.124 e. The van der Waals surface area contributed by atoms with E-state index in [1.54, 1.807) is 0 Å². The van der Waals surface area contributed by atoms with Gasteiger partial charge in [-0.2, -0.15) is 10.2 Å². The number of ether oxygens (including phenoxy) is 1. The topological polar surface area (TPSA) is 61.0 Å². The molecule has 1 aromatic carbocycles. The monoisotopic (exact) mass is 271 g/mol. The van der Waals surface area contributed by atoms with E-state index in [2.05, 4.69) is 17.1 Å². The molecule has 0 aliphatic heterocycles. The first-order valence-corrected chi connectivity index (χ1v) is 6.91. The van der Waals surface area contributed by atoms with Gasteiger partial charge in [0.25, 0.3) is 0 Å². The maximum Gasteiger partial charge on any atom is 0.124 e. The largest absolute Gasteiger partial charge is 0.493 e. The Kier molecular flexibility index (Phi) is 4.69. The van der Waals surface area contributed by atoms with Crippen molar-refractivity contribution in [3.8, 4) is 5.75 Å². The summed E-state index contributed by atoms with van der Waals surface area (Å²) in [5.74, 6) is 0.843. The van der Waals surface area contributed by atoms with Crippen molar-refractivity contribution in [2.75, 3.05) is 6.61 Å². The molecule has 2 aromatic rings. The lowest BCUT2D eigenvalue weighted by Gasteiger charge is -2.18. The molecule has 0 fully saturated rings. The zero-order chi connectivity index (χ0) is 14.5. The molecule has 106 valence electrons. The van der Waals surface area contributed by atoms with E-state index in [9.17, 15) is 0 Å². The highest BCUT2D eigenvalue weighted by molar-refractivity contribution is 5.42. The number of hydrogen-bond acceptors (Lipinski definition) is 4. The fraction of sp³-hybridized carbons (Fsp3) is 0.375. The molecule has 0 bridgehead atoms. The second-order valence-electron chi connectivity index (χ2n) is 4.89. The van der Waals surface area contributed by atoms with Gasteiger partial charge in [0.1, 0.15) is 5.75 Å². The summed E-state index contributed by atoms with van der Waals surface area (Å²) in [5, 5.41) is 8.20. The van der Waals surface area contributed by atoms with Crippen molar-refractivity contribution >= 4 is 0 Å². The van der Waals surface area contributed by atoms with Gasteiger partial charge in [-0.05, 0) is 38.0 Å². The zero-order valence-electron chi connectivity index (χ0n) is 12.3. The summed E-state index contributed by atoms with van der Waals surface area (Å²) in [4.78, 5) is 0. The molecule has 0 radical (unpaired) electrons. The summed E-state index contributed by atoms with van der Waals surface area (Å²) in [5.41, 5.74) is 10.1. The van der Waals surface area contributed by atoms with E-state index in [-0.39, 0.29) is 6.04 Å². The standard InChI is InChI=1S/C16H21N3O/c1-4-9-20-15-8-6-5-7-13(15)16(17)14-10-11(2)18-19-12(14)3/h5-8,10,16H,4,9,17H2,1-3H3. The minimum Gasteiger partial charge on any atom is -0.493 e. The van der Waals surface area contributed by atoms with Gasteiger partial charge in [-0.1, -0.05) is 25.1 Å². The van der Waals surface area contributed by atoms with Crippen molar-refractivity contribution in [2.45, 2.75) is 33.2 Å². The molecule has 1 heterocycles. The highest BCUT2D eigenvalue weighted by atomic mass is 16.5. The van der Waals surface area contributed by atoms with Crippen LogP contribution in [0.15, 0.2) is 30.3 Å². The Labute approximate surface area is 120 Å². The summed E-state index contributed by atoms with van der Waals surface area (Å²) >= 11 is 0. The van der Waals surface area contributed by atoms with Crippen molar-refractivity contribution in [1.29, 1.82) is 0 Å². The molecular weight excluding hydrogens is 250 g/mol. The average Bonchev–Trinajstić information content (AvgIpc) is 2.47. The third-order valence-electron chi connectivity index (χ3n) is 3.19. The predicted octanol–water partition coefficient (Wildman–Crippen LogP) is 2.93. The van der Waals surface area contributed by atoms with Gasteiger partial charge in [-0.15, -0.1) is 0 Å². The van der Waals surface area contributed by atoms with Gasteiger partial charge in [-0.3, -0.25) is 0 Å². The number of nitrogens with two attached hydrogens (primary N) is 1. The molecule has 4 heteroatoms. The number of rotatable bonds is 5. The van der Waals surface area contributed by atoms with Gasteiger partial charge in [0.05, 0.1) is 24.0 Å². The van der Waals surface area contributed by atoms with Crippen molar-refractivity contribution in [1.82, 2.24) is 10.2 Å². The SMILES string of the molecule is CCCOc1ccccc1C(N)c1cc(C)nnc1C. The number of hydrogen-bond donors (Lipinski definition) is 1. The number of aromatic nitrogens is 2. The highest BCUT2D eigenvalue weighted by Crippen LogP contribution is 2.29. The van der Waals surface area contributed by atoms with Crippen molar-refractivity contribution < 1.29 is 4.74 Å². The molecule has 0 aliphatic carbocycles. The van der Waals surface area contributed by atoms with E-state index < -0.39 is 0 Å². The van der Waals surface area contributed by atoms with Crippen LogP contribution in [0.25, 0.3) is 0 Å². The minimum atomic E-state index is -0.253. The highest BCUT2D eigenvalue weighted by Gasteiger charge is 2.17. The van der Waals surface area contributed by atoms with Crippen molar-refractivity contribution in [2.24, 2.45) is 5.73 Å². The Morgan fingerprint density at radius 2 is 1.90 bits per heavy atom. The van der Waals surface area contributed by atoms with Crippen LogP contribution in [0.2, 0.25) is 0 Å². The van der Waals surface area contributed by atoms with Gasteiger partial charge in [0.15, 0.2) is 0 Å². The van der Waals surface area contributed by atoms with Gasteiger partial charge >= 0.3 is 0 Å². The number of aryl methyl sites for hydroxylation is 2. The van der Waals surface area contributed by atoms with E-state index in [0.29, 0.717) is 6.61 Å². The van der Waals surface area contributed by atoms with Gasteiger partial charge < -0.3 is 10.5 Å². The van der Waals surface area contributed by atoms with E-state index in [0.717, 1.165) is 34.7 Å². The van der Waals surface area contributed by atoms with Crippen molar-refractivity contribution in [3.63, 3.8) is 0 Å². The third-order valence-corrected chi connectivity index (χ3v) is 3.19. The molecular formula is C16H21N3O. The minimum absolute atomic E-state index is 0.253. The molecule has 1 atom stereocenters. The second kappa shape index (κ2) is 6.48. The van der Waals surface area contributed by atoms with Crippen molar-refractivity contribution in [3.05, 3.63) is 52.8 Å². The first-order valence-electron chi connectivity index (χ1n) is 6.91. The quantitative estimate of drug-likeness (QED) is 0.908. The number of benzene rings is 1. The third kappa shape index (κ3) is 3.14. The first-order chi connectivity index (χ1) is 9.63. The zero-order valence-corrected chi connectivity index (χ0v) is 12.3. The lowest BCUT2D eigenvalue weighted by Crippen LogP contribution is -2.16. The molecule has 0 saturated carbocycles. The Morgan fingerprint density at radius 3 is 2.65 bits per heavy atom. The Bertz CT molecular complexity index is 584. The van der Waals surface area contributed by atoms with E-state index >= 15 is 0 Å². The Morgan fingerprint density at radius 1 is 1.15 bits per heavy atom. The molecule has 0 aliphatic rings. The van der Waals surface area contributed by atoms with Gasteiger partial charge in [0.2, 0.25) is 0 Å². The summed E-state index contributed by atoms with van der Waals surface area (Å²) in [7, 11) is 0. The van der Waals surface area contributed by atoms with Crippen LogP contribution in [0, 0.1) is 13.8 Å². The van der Waals surface area contributed by atoms with E-state index in [4.69, 9.17) is 10.5 Å². The van der Waals surface area contributed by atoms with Crippen LogP contribution in [0.1, 0.15) is 41.9 Å². The van der Waals surface area contributed by atoms with Crippen LogP contribution in [0.3, 0.4) is 0 Å². The number of nitrogens with zero attached hydrogens (tertiary/aromatic N) is 2. The molecule has 0 saturated heterocycles.